The summed E-state index contributed by atoms with van der Waals surface area (Å²) < 4.78 is 5.50. The molecule has 2 aliphatic heterocycles. The van der Waals surface area contributed by atoms with Crippen LogP contribution in [0.15, 0.2) is 42.5 Å². The molecule has 4 nitrogen and oxygen atoms in total. The molecule has 4 heteroatoms. The number of nitrogens with zero attached hydrogens (tertiary/aromatic N) is 2. The second-order valence-electron chi connectivity index (χ2n) is 6.69. The van der Waals surface area contributed by atoms with E-state index in [1.807, 2.05) is 0 Å². The van der Waals surface area contributed by atoms with E-state index in [0.29, 0.717) is 12.1 Å². The van der Waals surface area contributed by atoms with Gasteiger partial charge in [0, 0.05) is 31.4 Å². The third-order valence-electron chi connectivity index (χ3n) is 5.52. The van der Waals surface area contributed by atoms with Gasteiger partial charge in [-0.1, -0.05) is 18.2 Å². The van der Waals surface area contributed by atoms with Crippen molar-refractivity contribution in [3.63, 3.8) is 0 Å². The fourth-order valence-corrected chi connectivity index (χ4v) is 4.16. The van der Waals surface area contributed by atoms with Crippen LogP contribution in [-0.4, -0.2) is 33.8 Å². The van der Waals surface area contributed by atoms with Gasteiger partial charge < -0.3 is 19.9 Å². The molecule has 4 rings (SSSR count). The minimum absolute atomic E-state index is 0.392. The van der Waals surface area contributed by atoms with E-state index >= 15 is 0 Å². The van der Waals surface area contributed by atoms with Crippen molar-refractivity contribution in [1.29, 1.82) is 0 Å². The zero-order valence-electron chi connectivity index (χ0n) is 14.6. The molecule has 2 aromatic rings. The van der Waals surface area contributed by atoms with Gasteiger partial charge in [0.15, 0.2) is 0 Å². The molecule has 1 N–H and O–H groups in total. The molecular weight excluding hydrogens is 298 g/mol. The summed E-state index contributed by atoms with van der Waals surface area (Å²) in [6.07, 6.45) is 2.29. The summed E-state index contributed by atoms with van der Waals surface area (Å²) in [5.41, 5.74) is 5.23. The molecule has 2 unspecified atom stereocenters. The van der Waals surface area contributed by atoms with Crippen molar-refractivity contribution in [3.8, 4) is 5.75 Å². The van der Waals surface area contributed by atoms with Crippen LogP contribution in [0, 0.1) is 0 Å². The number of fused-ring (bicyclic) bond motifs is 5. The molecule has 2 aromatic carbocycles. The van der Waals surface area contributed by atoms with Crippen LogP contribution in [0.4, 0.5) is 17.1 Å². The first-order valence-corrected chi connectivity index (χ1v) is 8.67. The van der Waals surface area contributed by atoms with Crippen LogP contribution in [-0.2, 0) is 0 Å². The van der Waals surface area contributed by atoms with Gasteiger partial charge in [0.25, 0.3) is 0 Å². The fourth-order valence-electron chi connectivity index (χ4n) is 4.16. The Morgan fingerprint density at radius 2 is 1.92 bits per heavy atom. The van der Waals surface area contributed by atoms with Crippen LogP contribution in [0.1, 0.15) is 24.4 Å². The standard InChI is InChI=1S/C20H25N3O/c1-21-14-10-11-23-19(12-14)16-6-4-5-7-17(16)22(2)18-9-8-15(24-3)13-20(18)23/h4-9,13-14,19,21H,10-12H2,1-3H3. The molecule has 24 heavy (non-hydrogen) atoms. The lowest BCUT2D eigenvalue weighted by molar-refractivity contribution is 0.379. The number of hydrogen-bond acceptors (Lipinski definition) is 4. The second kappa shape index (κ2) is 6.02. The number of rotatable bonds is 2. The van der Waals surface area contributed by atoms with Gasteiger partial charge in [-0.3, -0.25) is 0 Å². The van der Waals surface area contributed by atoms with Crippen LogP contribution < -0.4 is 19.9 Å². The number of anilines is 3. The van der Waals surface area contributed by atoms with Gasteiger partial charge in [0.2, 0.25) is 0 Å². The van der Waals surface area contributed by atoms with Gasteiger partial charge in [-0.25, -0.2) is 0 Å². The summed E-state index contributed by atoms with van der Waals surface area (Å²) in [5, 5.41) is 3.48. The first kappa shape index (κ1) is 15.3. The molecule has 2 heterocycles. The Morgan fingerprint density at radius 1 is 1.08 bits per heavy atom. The Kier molecular flexibility index (Phi) is 3.85. The van der Waals surface area contributed by atoms with Crippen molar-refractivity contribution in [2.75, 3.05) is 37.5 Å². The average Bonchev–Trinajstić information content (AvgIpc) is 2.75. The second-order valence-corrected chi connectivity index (χ2v) is 6.69. The summed E-state index contributed by atoms with van der Waals surface area (Å²) in [5.74, 6) is 0.919. The predicted octanol–water partition coefficient (Wildman–Crippen LogP) is 3.71. The smallest absolute Gasteiger partial charge is 0.121 e. The molecule has 1 saturated heterocycles. The molecular formula is C20H25N3O. The van der Waals surface area contributed by atoms with Crippen LogP contribution in [0.25, 0.3) is 0 Å². The van der Waals surface area contributed by atoms with Crippen LogP contribution >= 0.6 is 0 Å². The molecule has 1 fully saturated rings. The monoisotopic (exact) mass is 323 g/mol. The lowest BCUT2D eigenvalue weighted by Crippen LogP contribution is -2.43. The lowest BCUT2D eigenvalue weighted by Gasteiger charge is -2.40. The van der Waals surface area contributed by atoms with Crippen LogP contribution in [0.3, 0.4) is 0 Å². The number of methoxy groups -OCH3 is 1. The van der Waals surface area contributed by atoms with Gasteiger partial charge in [0.1, 0.15) is 5.75 Å². The summed E-state index contributed by atoms with van der Waals surface area (Å²) in [6, 6.07) is 16.2. The molecule has 0 aliphatic carbocycles. The van der Waals surface area contributed by atoms with E-state index in [9.17, 15) is 0 Å². The van der Waals surface area contributed by atoms with Crippen molar-refractivity contribution in [3.05, 3.63) is 48.0 Å². The SMILES string of the molecule is CNC1CCN2c3cc(OC)ccc3N(C)c3ccccc3C2C1. The molecule has 0 amide bonds. The third kappa shape index (κ3) is 2.33. The molecule has 0 aromatic heterocycles. The number of para-hydroxylation sites is 1. The maximum Gasteiger partial charge on any atom is 0.121 e. The highest BCUT2D eigenvalue weighted by atomic mass is 16.5. The third-order valence-corrected chi connectivity index (χ3v) is 5.52. The highest BCUT2D eigenvalue weighted by molar-refractivity contribution is 5.82. The van der Waals surface area contributed by atoms with Crippen molar-refractivity contribution in [1.82, 2.24) is 5.32 Å². The van der Waals surface area contributed by atoms with Crippen LogP contribution in [0.2, 0.25) is 0 Å². The Labute approximate surface area is 144 Å². The number of piperidine rings is 1. The first-order chi connectivity index (χ1) is 11.7. The molecule has 0 spiro atoms. The molecule has 2 atom stereocenters. The number of benzene rings is 2. The van der Waals surface area contributed by atoms with E-state index < -0.39 is 0 Å². The Hall–Kier alpha value is -2.20. The van der Waals surface area contributed by atoms with Crippen molar-refractivity contribution in [2.45, 2.75) is 24.9 Å². The molecule has 126 valence electrons. The maximum atomic E-state index is 5.50. The molecule has 0 bridgehead atoms. The van der Waals surface area contributed by atoms with E-state index in [4.69, 9.17) is 4.74 Å². The van der Waals surface area contributed by atoms with E-state index in [0.717, 1.165) is 25.1 Å². The zero-order chi connectivity index (χ0) is 16.7. The molecule has 0 radical (unpaired) electrons. The topological polar surface area (TPSA) is 27.7 Å². The average molecular weight is 323 g/mol. The quantitative estimate of drug-likeness (QED) is 0.912. The molecule has 2 aliphatic rings. The summed E-state index contributed by atoms with van der Waals surface area (Å²) in [6.45, 7) is 1.05. The van der Waals surface area contributed by atoms with Gasteiger partial charge in [0.05, 0.1) is 24.5 Å². The highest BCUT2D eigenvalue weighted by Crippen LogP contribution is 2.48. The normalized spacial score (nSPS) is 22.3. The van der Waals surface area contributed by atoms with Gasteiger partial charge in [-0.15, -0.1) is 0 Å². The summed E-state index contributed by atoms with van der Waals surface area (Å²) in [7, 11) is 5.98. The van der Waals surface area contributed by atoms with E-state index in [1.165, 1.54) is 22.6 Å². The van der Waals surface area contributed by atoms with Crippen molar-refractivity contribution in [2.24, 2.45) is 0 Å². The van der Waals surface area contributed by atoms with Gasteiger partial charge in [-0.05, 0) is 43.7 Å². The first-order valence-electron chi connectivity index (χ1n) is 8.67. The highest BCUT2D eigenvalue weighted by Gasteiger charge is 2.35. The molecule has 0 saturated carbocycles. The van der Waals surface area contributed by atoms with E-state index in [2.05, 4.69) is 71.7 Å². The lowest BCUT2D eigenvalue weighted by atomic mass is 9.91. The van der Waals surface area contributed by atoms with Crippen molar-refractivity contribution < 1.29 is 4.74 Å². The van der Waals surface area contributed by atoms with Gasteiger partial charge in [-0.2, -0.15) is 0 Å². The Morgan fingerprint density at radius 3 is 2.71 bits per heavy atom. The number of nitrogens with one attached hydrogen (secondary N) is 1. The Bertz CT molecular complexity index is 745. The van der Waals surface area contributed by atoms with E-state index in [-0.39, 0.29) is 0 Å². The van der Waals surface area contributed by atoms with Gasteiger partial charge >= 0.3 is 0 Å². The Balaban J connectivity index is 1.90. The van der Waals surface area contributed by atoms with Crippen LogP contribution in [0.5, 0.6) is 5.75 Å². The number of hydrogen-bond donors (Lipinski definition) is 1. The number of ether oxygens (including phenoxy) is 1. The van der Waals surface area contributed by atoms with E-state index in [1.54, 1.807) is 7.11 Å². The largest absolute Gasteiger partial charge is 0.497 e. The predicted molar refractivity (Wildman–Crippen MR) is 99.7 cm³/mol. The summed E-state index contributed by atoms with van der Waals surface area (Å²) >= 11 is 0. The summed E-state index contributed by atoms with van der Waals surface area (Å²) in [4.78, 5) is 4.88. The fraction of sp³-hybridized carbons (Fsp3) is 0.400. The maximum absolute atomic E-state index is 5.50. The zero-order valence-corrected chi connectivity index (χ0v) is 14.6. The minimum atomic E-state index is 0.392. The van der Waals surface area contributed by atoms with Crippen molar-refractivity contribution >= 4 is 17.1 Å². The minimum Gasteiger partial charge on any atom is -0.497 e.